The van der Waals surface area contributed by atoms with Gasteiger partial charge >= 0.3 is 0 Å². The van der Waals surface area contributed by atoms with Crippen LogP contribution in [0.25, 0.3) is 0 Å². The van der Waals surface area contributed by atoms with Crippen LogP contribution in [-0.2, 0) is 0 Å². The molecule has 27 heavy (non-hydrogen) atoms. The first-order chi connectivity index (χ1) is 13.0. The Morgan fingerprint density at radius 1 is 1.07 bits per heavy atom. The number of phenolic OH excluding ortho intramolecular Hbond substituents is 2. The molecule has 0 aliphatic carbocycles. The molecule has 0 radical (unpaired) electrons. The van der Waals surface area contributed by atoms with Crippen LogP contribution in [0.2, 0.25) is 0 Å². The third-order valence-electron chi connectivity index (χ3n) is 5.64. The van der Waals surface area contributed by atoms with Crippen LogP contribution in [0.1, 0.15) is 54.1 Å². The molecule has 5 heteroatoms. The molecular weight excluding hydrogens is 342 g/mol. The molecule has 1 aliphatic heterocycles. The number of aliphatic hydroxyl groups is 1. The van der Waals surface area contributed by atoms with E-state index in [1.807, 2.05) is 37.4 Å². The standard InChI is InChI=1S/C22H27NO4/c1-23-16(13-20(25)15-7-3-2-4-8-15)9-5-10-17(23)14-21(26)18-11-6-12-19(24)22(18)27/h2-4,6-8,11-12,16-17,21,24,26-27H,5,9-10,13-14H2,1H3. The average molecular weight is 369 g/mol. The van der Waals surface area contributed by atoms with Gasteiger partial charge in [0.1, 0.15) is 0 Å². The zero-order chi connectivity index (χ0) is 19.4. The molecule has 0 aromatic heterocycles. The summed E-state index contributed by atoms with van der Waals surface area (Å²) in [5.41, 5.74) is 1.07. The monoisotopic (exact) mass is 369 g/mol. The first-order valence-electron chi connectivity index (χ1n) is 9.46. The van der Waals surface area contributed by atoms with Crippen molar-refractivity contribution in [1.29, 1.82) is 0 Å². The van der Waals surface area contributed by atoms with Crippen molar-refractivity contribution in [2.24, 2.45) is 0 Å². The summed E-state index contributed by atoms with van der Waals surface area (Å²) in [5.74, 6) is -0.353. The number of carbonyl (C=O) groups excluding carboxylic acids is 1. The Hall–Kier alpha value is -2.37. The van der Waals surface area contributed by atoms with Crippen molar-refractivity contribution in [3.05, 3.63) is 59.7 Å². The lowest BCUT2D eigenvalue weighted by molar-refractivity contribution is 0.0542. The third kappa shape index (κ3) is 4.49. The largest absolute Gasteiger partial charge is 0.504 e. The van der Waals surface area contributed by atoms with Crippen LogP contribution in [0.5, 0.6) is 11.5 Å². The second-order valence-electron chi connectivity index (χ2n) is 7.36. The number of nitrogens with zero attached hydrogens (tertiary/aromatic N) is 1. The number of aromatic hydroxyl groups is 2. The Morgan fingerprint density at radius 3 is 2.52 bits per heavy atom. The van der Waals surface area contributed by atoms with Crippen LogP contribution >= 0.6 is 0 Å². The van der Waals surface area contributed by atoms with E-state index in [1.54, 1.807) is 12.1 Å². The van der Waals surface area contributed by atoms with Gasteiger partial charge in [-0.1, -0.05) is 48.9 Å². The van der Waals surface area contributed by atoms with Gasteiger partial charge in [0.15, 0.2) is 17.3 Å². The Balaban J connectivity index is 1.65. The normalized spacial score (nSPS) is 21.7. The smallest absolute Gasteiger partial charge is 0.164 e. The number of ketones is 1. The number of Topliss-reactive ketones (excluding diaryl/α,β-unsaturated/α-hetero) is 1. The number of carbonyl (C=O) groups is 1. The van der Waals surface area contributed by atoms with Gasteiger partial charge in [0, 0.05) is 29.6 Å². The Bertz CT molecular complexity index is 777. The first-order valence-corrected chi connectivity index (χ1v) is 9.46. The summed E-state index contributed by atoms with van der Waals surface area (Å²) in [6, 6.07) is 14.2. The minimum absolute atomic E-state index is 0.115. The highest BCUT2D eigenvalue weighted by molar-refractivity contribution is 5.96. The molecule has 3 atom stereocenters. The lowest BCUT2D eigenvalue weighted by atomic mass is 9.88. The van der Waals surface area contributed by atoms with Crippen molar-refractivity contribution < 1.29 is 20.1 Å². The summed E-state index contributed by atoms with van der Waals surface area (Å²) < 4.78 is 0. The van der Waals surface area contributed by atoms with Gasteiger partial charge in [0.2, 0.25) is 0 Å². The van der Waals surface area contributed by atoms with Crippen LogP contribution in [0, 0.1) is 0 Å². The van der Waals surface area contributed by atoms with Gasteiger partial charge in [0.25, 0.3) is 0 Å². The number of hydrogen-bond acceptors (Lipinski definition) is 5. The van der Waals surface area contributed by atoms with E-state index in [0.717, 1.165) is 24.8 Å². The Morgan fingerprint density at radius 2 is 1.78 bits per heavy atom. The number of rotatable bonds is 6. The minimum atomic E-state index is -0.867. The molecule has 0 saturated carbocycles. The van der Waals surface area contributed by atoms with Gasteiger partial charge in [-0.2, -0.15) is 0 Å². The number of para-hydroxylation sites is 1. The topological polar surface area (TPSA) is 81.0 Å². The molecule has 1 heterocycles. The molecule has 0 amide bonds. The van der Waals surface area contributed by atoms with Crippen LogP contribution in [0.15, 0.2) is 48.5 Å². The second kappa shape index (κ2) is 8.55. The molecule has 3 rings (SSSR count). The van der Waals surface area contributed by atoms with Crippen LogP contribution < -0.4 is 0 Å². The molecule has 0 bridgehead atoms. The van der Waals surface area contributed by atoms with Crippen molar-refractivity contribution in [2.45, 2.75) is 50.3 Å². The molecule has 144 valence electrons. The fourth-order valence-corrected chi connectivity index (χ4v) is 3.98. The van der Waals surface area contributed by atoms with E-state index >= 15 is 0 Å². The lowest BCUT2D eigenvalue weighted by Crippen LogP contribution is -2.45. The minimum Gasteiger partial charge on any atom is -0.504 e. The van der Waals surface area contributed by atoms with Crippen molar-refractivity contribution in [1.82, 2.24) is 4.90 Å². The highest BCUT2D eigenvalue weighted by Gasteiger charge is 2.31. The number of phenols is 2. The number of piperidine rings is 1. The number of hydrogen-bond donors (Lipinski definition) is 3. The summed E-state index contributed by atoms with van der Waals surface area (Å²) in [6.07, 6.45) is 2.93. The molecule has 3 N–H and O–H groups in total. The molecule has 1 aliphatic rings. The van der Waals surface area contributed by atoms with Gasteiger partial charge < -0.3 is 15.3 Å². The zero-order valence-corrected chi connectivity index (χ0v) is 15.6. The SMILES string of the molecule is CN1C(CC(=O)c2ccccc2)CCCC1CC(O)c1cccc(O)c1O. The predicted molar refractivity (Wildman–Crippen MR) is 104 cm³/mol. The number of likely N-dealkylation sites (tertiary alicyclic amines) is 1. The van der Waals surface area contributed by atoms with Gasteiger partial charge in [-0.25, -0.2) is 0 Å². The fourth-order valence-electron chi connectivity index (χ4n) is 3.98. The summed E-state index contributed by atoms with van der Waals surface area (Å²) >= 11 is 0. The molecule has 2 aromatic carbocycles. The molecule has 1 saturated heterocycles. The van der Waals surface area contributed by atoms with Crippen molar-refractivity contribution in [2.75, 3.05) is 7.05 Å². The van der Waals surface area contributed by atoms with Gasteiger partial charge in [-0.15, -0.1) is 0 Å². The quantitative estimate of drug-likeness (QED) is 0.535. The van der Waals surface area contributed by atoms with E-state index < -0.39 is 6.10 Å². The number of aliphatic hydroxyl groups excluding tert-OH is 1. The average Bonchev–Trinajstić information content (AvgIpc) is 2.67. The van der Waals surface area contributed by atoms with Crippen molar-refractivity contribution >= 4 is 5.78 Å². The van der Waals surface area contributed by atoms with E-state index in [1.165, 1.54) is 6.07 Å². The summed E-state index contributed by atoms with van der Waals surface area (Å²) in [4.78, 5) is 14.7. The van der Waals surface area contributed by atoms with Gasteiger partial charge in [0.05, 0.1) is 6.10 Å². The molecule has 5 nitrogen and oxygen atoms in total. The van der Waals surface area contributed by atoms with Gasteiger partial charge in [-0.05, 0) is 32.4 Å². The summed E-state index contributed by atoms with van der Waals surface area (Å²) in [7, 11) is 2.00. The third-order valence-corrected chi connectivity index (χ3v) is 5.64. The van der Waals surface area contributed by atoms with Crippen molar-refractivity contribution in [3.8, 4) is 11.5 Å². The maximum Gasteiger partial charge on any atom is 0.164 e. The Labute approximate surface area is 159 Å². The second-order valence-corrected chi connectivity index (χ2v) is 7.36. The lowest BCUT2D eigenvalue weighted by Gasteiger charge is -2.40. The summed E-state index contributed by atoms with van der Waals surface area (Å²) in [6.45, 7) is 0. The molecular formula is C22H27NO4. The van der Waals surface area contributed by atoms with E-state index in [0.29, 0.717) is 18.4 Å². The van der Waals surface area contributed by atoms with Gasteiger partial charge in [-0.3, -0.25) is 9.69 Å². The number of benzene rings is 2. The highest BCUT2D eigenvalue weighted by Crippen LogP contribution is 2.36. The Kier molecular flexibility index (Phi) is 6.14. The van der Waals surface area contributed by atoms with Crippen molar-refractivity contribution in [3.63, 3.8) is 0 Å². The van der Waals surface area contributed by atoms with Crippen LogP contribution in [0.4, 0.5) is 0 Å². The maximum atomic E-state index is 12.6. The highest BCUT2D eigenvalue weighted by atomic mass is 16.3. The first kappa shape index (κ1) is 19.4. The zero-order valence-electron chi connectivity index (χ0n) is 15.6. The van der Waals surface area contributed by atoms with E-state index in [4.69, 9.17) is 0 Å². The predicted octanol–water partition coefficient (Wildman–Crippen LogP) is 3.65. The fraction of sp³-hybridized carbons (Fsp3) is 0.409. The molecule has 3 unspecified atom stereocenters. The van der Waals surface area contributed by atoms with Crippen LogP contribution in [0.3, 0.4) is 0 Å². The van der Waals surface area contributed by atoms with E-state index in [2.05, 4.69) is 4.90 Å². The van der Waals surface area contributed by atoms with Crippen LogP contribution in [-0.4, -0.2) is 45.1 Å². The molecule has 0 spiro atoms. The maximum absolute atomic E-state index is 12.6. The van der Waals surface area contributed by atoms with E-state index in [9.17, 15) is 20.1 Å². The molecule has 1 fully saturated rings. The van der Waals surface area contributed by atoms with E-state index in [-0.39, 0.29) is 29.4 Å². The molecule has 2 aromatic rings. The summed E-state index contributed by atoms with van der Waals surface area (Å²) in [5, 5.41) is 30.2.